The van der Waals surface area contributed by atoms with E-state index in [4.69, 9.17) is 0 Å². The van der Waals surface area contributed by atoms with Gasteiger partial charge in [-0.15, -0.1) is 0 Å². The average Bonchev–Trinajstić information content (AvgIpc) is 2.72. The Bertz CT molecular complexity index is 228. The summed E-state index contributed by atoms with van der Waals surface area (Å²) < 4.78 is 0.610. The minimum atomic E-state index is 0.610. The zero-order chi connectivity index (χ0) is 7.03. The van der Waals surface area contributed by atoms with E-state index in [2.05, 4.69) is 11.1 Å². The van der Waals surface area contributed by atoms with Gasteiger partial charge in [0.25, 0.3) is 0 Å². The van der Waals surface area contributed by atoms with Gasteiger partial charge in [-0.3, -0.25) is 0 Å². The molecule has 0 bridgehead atoms. The number of nitrogens with zero attached hydrogens (tertiary/aromatic N) is 1. The molecule has 1 aromatic rings. The summed E-state index contributed by atoms with van der Waals surface area (Å²) in [6.07, 6.45) is 6.63. The third-order valence-corrected chi connectivity index (χ3v) is 4.62. The van der Waals surface area contributed by atoms with Crippen molar-refractivity contribution in [2.24, 2.45) is 0 Å². The van der Waals surface area contributed by atoms with Crippen LogP contribution < -0.4 is 0 Å². The summed E-state index contributed by atoms with van der Waals surface area (Å²) in [5.74, 6) is 0. The molecule has 2 heteroatoms. The summed E-state index contributed by atoms with van der Waals surface area (Å²) in [5, 5.41) is 0. The molecule has 1 heterocycles. The zero-order valence-corrected chi connectivity index (χ0v) is 9.04. The average molecular weight is 238 g/mol. The Morgan fingerprint density at radius 1 is 1.50 bits per heavy atom. The monoisotopic (exact) mass is 239 g/mol. The fourth-order valence-electron chi connectivity index (χ4n) is 1.08. The van der Waals surface area contributed by atoms with Gasteiger partial charge in [-0.05, 0) is 0 Å². The van der Waals surface area contributed by atoms with Crippen molar-refractivity contribution in [3.8, 4) is 0 Å². The Morgan fingerprint density at radius 3 is 2.80 bits per heavy atom. The molecule has 1 aliphatic rings. The topological polar surface area (TPSA) is 12.9 Å². The van der Waals surface area contributed by atoms with Gasteiger partial charge in [0, 0.05) is 0 Å². The van der Waals surface area contributed by atoms with E-state index in [1.54, 1.807) is 0 Å². The first-order valence-electron chi connectivity index (χ1n) is 3.51. The van der Waals surface area contributed by atoms with Crippen molar-refractivity contribution in [3.63, 3.8) is 0 Å². The molecular formula is C8H9NSn. The zero-order valence-electron chi connectivity index (χ0n) is 5.75. The van der Waals surface area contributed by atoms with E-state index in [0.29, 0.717) is 3.43 Å². The van der Waals surface area contributed by atoms with Crippen LogP contribution in [0.5, 0.6) is 0 Å². The molecule has 0 atom stereocenters. The van der Waals surface area contributed by atoms with E-state index in [9.17, 15) is 0 Å². The van der Waals surface area contributed by atoms with E-state index in [0.717, 1.165) is 0 Å². The molecule has 10 heavy (non-hydrogen) atoms. The van der Waals surface area contributed by atoms with Crippen LogP contribution in [-0.2, 0) is 3.43 Å². The van der Waals surface area contributed by atoms with Crippen LogP contribution in [-0.4, -0.2) is 27.5 Å². The molecule has 0 amide bonds. The molecule has 2 rings (SSSR count). The molecule has 0 aromatic carbocycles. The molecular weight excluding hydrogens is 229 g/mol. The summed E-state index contributed by atoms with van der Waals surface area (Å²) in [7, 11) is 0. The number of rotatable bonds is 1. The van der Waals surface area contributed by atoms with E-state index >= 15 is 0 Å². The minimum absolute atomic E-state index is 0.610. The normalized spacial score (nSPS) is 20.5. The third-order valence-electron chi connectivity index (χ3n) is 2.03. The van der Waals surface area contributed by atoms with Crippen LogP contribution in [0.4, 0.5) is 0 Å². The molecule has 50 valence electrons. The van der Waals surface area contributed by atoms with E-state index < -0.39 is 0 Å². The van der Waals surface area contributed by atoms with Crippen molar-refractivity contribution in [1.29, 1.82) is 0 Å². The molecule has 1 aromatic heterocycles. The molecule has 0 N–H and O–H groups in total. The summed E-state index contributed by atoms with van der Waals surface area (Å²) in [4.78, 5) is 4.11. The predicted molar refractivity (Wildman–Crippen MR) is 42.3 cm³/mol. The van der Waals surface area contributed by atoms with Crippen LogP contribution in [0.3, 0.4) is 0 Å². The van der Waals surface area contributed by atoms with Gasteiger partial charge in [-0.1, -0.05) is 0 Å². The van der Waals surface area contributed by atoms with Crippen LogP contribution >= 0.6 is 0 Å². The fraction of sp³-hybridized carbons (Fsp3) is 0.375. The molecule has 0 saturated heterocycles. The Hall–Kier alpha value is -0.0513. The first-order chi connectivity index (χ1) is 4.81. The van der Waals surface area contributed by atoms with Gasteiger partial charge in [0.05, 0.1) is 0 Å². The van der Waals surface area contributed by atoms with Crippen molar-refractivity contribution < 1.29 is 0 Å². The van der Waals surface area contributed by atoms with Crippen LogP contribution in [0, 0.1) is 0 Å². The Balaban J connectivity index is 2.35. The van der Waals surface area contributed by atoms with Crippen LogP contribution in [0.2, 0.25) is 0 Å². The second-order valence-electron chi connectivity index (χ2n) is 2.90. The number of hydrogen-bond acceptors (Lipinski definition) is 1. The second kappa shape index (κ2) is 2.22. The molecule has 1 saturated carbocycles. The van der Waals surface area contributed by atoms with Gasteiger partial charge >= 0.3 is 73.9 Å². The number of hydrogen-bond donors (Lipinski definition) is 0. The quantitative estimate of drug-likeness (QED) is 0.664. The van der Waals surface area contributed by atoms with E-state index in [-0.39, 0.29) is 0 Å². The maximum absolute atomic E-state index is 4.11. The Morgan fingerprint density at radius 2 is 2.30 bits per heavy atom. The van der Waals surface area contributed by atoms with Gasteiger partial charge in [0.1, 0.15) is 0 Å². The molecule has 1 aliphatic carbocycles. The van der Waals surface area contributed by atoms with Crippen molar-refractivity contribution in [2.45, 2.75) is 16.3 Å². The van der Waals surface area contributed by atoms with Crippen molar-refractivity contribution >= 4 is 22.5 Å². The summed E-state index contributed by atoms with van der Waals surface area (Å²) >= 11 is 1.35. The standard InChI is InChI=1S/C8H8N.Sn.H/c1-2-8(6-9-5-1)7-3-4-7;;/h1-2,5-6H,3-4H2;;. The van der Waals surface area contributed by atoms with Gasteiger partial charge in [0.15, 0.2) is 0 Å². The van der Waals surface area contributed by atoms with Gasteiger partial charge < -0.3 is 0 Å². The first kappa shape index (κ1) is 6.65. The summed E-state index contributed by atoms with van der Waals surface area (Å²) in [6, 6.07) is 4.23. The van der Waals surface area contributed by atoms with Crippen molar-refractivity contribution in [1.82, 2.24) is 4.98 Å². The first-order valence-corrected chi connectivity index (χ1v) is 5.15. The predicted octanol–water partition coefficient (Wildman–Crippen LogP) is 0.971. The summed E-state index contributed by atoms with van der Waals surface area (Å²) in [6.45, 7) is 0. The molecule has 0 aliphatic heterocycles. The Kier molecular flexibility index (Phi) is 1.48. The van der Waals surface area contributed by atoms with Gasteiger partial charge in [0.2, 0.25) is 0 Å². The van der Waals surface area contributed by atoms with Crippen molar-refractivity contribution in [3.05, 3.63) is 30.1 Å². The maximum atomic E-state index is 4.11. The van der Waals surface area contributed by atoms with Crippen LogP contribution in [0.15, 0.2) is 24.5 Å². The third kappa shape index (κ3) is 1.07. The van der Waals surface area contributed by atoms with Crippen LogP contribution in [0.1, 0.15) is 18.4 Å². The SMILES string of the molecule is [SnH][C]1(c2cccnc2)CC1. The van der Waals surface area contributed by atoms with Crippen LogP contribution in [0.25, 0.3) is 0 Å². The number of pyridine rings is 1. The molecule has 2 radical (unpaired) electrons. The Labute approximate surface area is 73.9 Å². The molecule has 1 fully saturated rings. The molecule has 1 nitrogen and oxygen atoms in total. The molecule has 0 unspecified atom stereocenters. The number of aromatic nitrogens is 1. The second-order valence-corrected chi connectivity index (χ2v) is 6.05. The van der Waals surface area contributed by atoms with E-state index in [1.165, 1.54) is 40.9 Å². The fourth-order valence-corrected chi connectivity index (χ4v) is 1.98. The molecule has 0 spiro atoms. The van der Waals surface area contributed by atoms with Gasteiger partial charge in [-0.2, -0.15) is 0 Å². The summed E-state index contributed by atoms with van der Waals surface area (Å²) in [5.41, 5.74) is 1.46. The van der Waals surface area contributed by atoms with Gasteiger partial charge in [-0.25, -0.2) is 0 Å². The van der Waals surface area contributed by atoms with Crippen molar-refractivity contribution in [2.75, 3.05) is 0 Å². The van der Waals surface area contributed by atoms with E-state index in [1.807, 2.05) is 18.5 Å².